The van der Waals surface area contributed by atoms with E-state index in [1.54, 1.807) is 6.07 Å². The number of aryl methyl sites for hydroxylation is 2. The van der Waals surface area contributed by atoms with E-state index in [9.17, 15) is 13.2 Å². The van der Waals surface area contributed by atoms with Gasteiger partial charge >= 0.3 is 6.18 Å². The maximum absolute atomic E-state index is 13.3. The van der Waals surface area contributed by atoms with E-state index >= 15 is 0 Å². The van der Waals surface area contributed by atoms with E-state index in [0.717, 1.165) is 80.6 Å². The third kappa shape index (κ3) is 9.51. The van der Waals surface area contributed by atoms with Crippen LogP contribution in [0.2, 0.25) is 0 Å². The zero-order valence-electron chi connectivity index (χ0n) is 30.7. The number of hydrogen-bond donors (Lipinski definition) is 1. The molecular weight excluding hydrogens is 680 g/mol. The van der Waals surface area contributed by atoms with Gasteiger partial charge in [-0.1, -0.05) is 67.2 Å². The summed E-state index contributed by atoms with van der Waals surface area (Å²) in [5.41, 5.74) is 6.72. The molecule has 1 unspecified atom stereocenters. The lowest BCUT2D eigenvalue weighted by Crippen LogP contribution is -2.47. The third-order valence-corrected chi connectivity index (χ3v) is 11.2. The molecule has 1 saturated heterocycles. The molecule has 278 valence electrons. The fourth-order valence-electron chi connectivity index (χ4n) is 7.64. The van der Waals surface area contributed by atoms with Gasteiger partial charge in [0, 0.05) is 73.5 Å². The predicted molar refractivity (Wildman–Crippen MR) is 209 cm³/mol. The highest BCUT2D eigenvalue weighted by Gasteiger charge is 2.33. The number of anilines is 4. The zero-order chi connectivity index (χ0) is 36.7. The smallest absolute Gasteiger partial charge is 0.395 e. The lowest BCUT2D eigenvalue weighted by atomic mass is 10.0. The summed E-state index contributed by atoms with van der Waals surface area (Å²) in [6.07, 6.45) is -1.22. The van der Waals surface area contributed by atoms with Crippen LogP contribution >= 0.6 is 11.8 Å². The molecule has 1 N–H and O–H groups in total. The Labute approximate surface area is 311 Å². The van der Waals surface area contributed by atoms with E-state index in [-0.39, 0.29) is 6.61 Å². The van der Waals surface area contributed by atoms with Crippen LogP contribution in [-0.4, -0.2) is 99.4 Å². The van der Waals surface area contributed by atoms with Crippen LogP contribution in [0.15, 0.2) is 101 Å². The lowest BCUT2D eigenvalue weighted by molar-refractivity contribution is -0.137. The van der Waals surface area contributed by atoms with Gasteiger partial charge in [0.05, 0.1) is 23.5 Å². The summed E-state index contributed by atoms with van der Waals surface area (Å²) >= 11 is 1.53. The summed E-state index contributed by atoms with van der Waals surface area (Å²) in [6.45, 7) is 10.8. The molecule has 4 aromatic carbocycles. The Bertz CT molecular complexity index is 1710. The summed E-state index contributed by atoms with van der Waals surface area (Å²) in [4.78, 5) is 13.4. The number of hydrogen-bond acceptors (Lipinski definition) is 7. The fourth-order valence-corrected chi connectivity index (χ4v) is 8.71. The van der Waals surface area contributed by atoms with Crippen LogP contribution in [0.3, 0.4) is 0 Å². The van der Waals surface area contributed by atoms with E-state index in [4.69, 9.17) is 5.11 Å². The lowest BCUT2D eigenvalue weighted by Gasteiger charge is -2.36. The highest BCUT2D eigenvalue weighted by Crippen LogP contribution is 2.49. The largest absolute Gasteiger partial charge is 0.416 e. The average Bonchev–Trinajstić information content (AvgIpc) is 3.28. The Morgan fingerprint density at radius 2 is 1.25 bits per heavy atom. The molecule has 10 heteroatoms. The molecule has 0 radical (unpaired) electrons. The van der Waals surface area contributed by atoms with E-state index in [1.807, 2.05) is 29.2 Å². The molecule has 4 aromatic rings. The quantitative estimate of drug-likeness (QED) is 0.176. The molecule has 52 heavy (non-hydrogen) atoms. The number of piperazine rings is 1. The number of benzene rings is 4. The summed E-state index contributed by atoms with van der Waals surface area (Å²) in [6, 6.07) is 29.7. The summed E-state index contributed by atoms with van der Waals surface area (Å²) < 4.78 is 39.9. The Morgan fingerprint density at radius 1 is 0.692 bits per heavy atom. The minimum atomic E-state index is -4.35. The molecular formula is C42H52F3N5OS. The second-order valence-corrected chi connectivity index (χ2v) is 15.5. The Hall–Kier alpha value is -3.54. The van der Waals surface area contributed by atoms with Gasteiger partial charge in [-0.15, -0.1) is 0 Å². The van der Waals surface area contributed by atoms with Crippen LogP contribution in [0, 0.1) is 5.92 Å². The number of alkyl halides is 3. The molecule has 3 aliphatic heterocycles. The van der Waals surface area contributed by atoms with Gasteiger partial charge < -0.3 is 24.7 Å². The molecule has 1 fully saturated rings. The SMILES string of the molecule is CC(CN(C)C)CN1c2ccccc2CCc2ccccc21.OCCN1CCN(CCCN2c3ccccc3Sc3ccc(C(F)(F)F)cc32)CC1. The van der Waals surface area contributed by atoms with Crippen LogP contribution in [0.1, 0.15) is 30.0 Å². The van der Waals surface area contributed by atoms with Gasteiger partial charge in [0.25, 0.3) is 0 Å². The molecule has 0 aliphatic carbocycles. The first kappa shape index (κ1) is 38.2. The standard InChI is InChI=1S/C22H26F3N3OS.C20H26N2/c23-22(24,25)17-6-7-21-19(16-17)28(18-4-1-2-5-20(18)30-21)9-3-8-26-10-12-27(13-11-26)14-15-29;1-16(14-21(2)3)15-22-19-10-6-4-8-17(19)12-13-18-9-5-7-11-20(18)22/h1-2,4-7,16,29H,3,8-15H2;4-11,16H,12-15H2,1-3H3. The monoisotopic (exact) mass is 731 g/mol. The number of aliphatic hydroxyl groups is 1. The van der Waals surface area contributed by atoms with Gasteiger partial charge in [-0.25, -0.2) is 0 Å². The van der Waals surface area contributed by atoms with E-state index in [1.165, 1.54) is 46.4 Å². The van der Waals surface area contributed by atoms with Crippen molar-refractivity contribution in [2.45, 2.75) is 42.2 Å². The molecule has 0 spiro atoms. The number of fused-ring (bicyclic) bond motifs is 4. The van der Waals surface area contributed by atoms with Crippen LogP contribution in [-0.2, 0) is 19.0 Å². The van der Waals surface area contributed by atoms with Crippen molar-refractivity contribution >= 4 is 34.5 Å². The van der Waals surface area contributed by atoms with Gasteiger partial charge in [-0.2, -0.15) is 13.2 Å². The van der Waals surface area contributed by atoms with E-state index in [2.05, 4.69) is 89.1 Å². The Morgan fingerprint density at radius 3 is 1.85 bits per heavy atom. The van der Waals surface area contributed by atoms with Gasteiger partial charge in [0.1, 0.15) is 0 Å². The first-order valence-electron chi connectivity index (χ1n) is 18.5. The first-order valence-corrected chi connectivity index (χ1v) is 19.3. The van der Waals surface area contributed by atoms with Crippen LogP contribution in [0.5, 0.6) is 0 Å². The third-order valence-electron chi connectivity index (χ3n) is 10.1. The van der Waals surface area contributed by atoms with Gasteiger partial charge in [0.15, 0.2) is 0 Å². The molecule has 0 amide bonds. The molecule has 6 nitrogen and oxygen atoms in total. The van der Waals surface area contributed by atoms with Crippen molar-refractivity contribution in [2.75, 3.05) is 89.4 Å². The molecule has 0 bridgehead atoms. The second-order valence-electron chi connectivity index (χ2n) is 14.4. The summed E-state index contributed by atoms with van der Waals surface area (Å²) in [5, 5.41) is 9.07. The number of rotatable bonds is 10. The van der Waals surface area contributed by atoms with Crippen molar-refractivity contribution < 1.29 is 18.3 Å². The first-order chi connectivity index (χ1) is 25.1. The zero-order valence-corrected chi connectivity index (χ0v) is 31.5. The maximum atomic E-state index is 13.3. The van der Waals surface area contributed by atoms with E-state index in [0.29, 0.717) is 24.7 Å². The van der Waals surface area contributed by atoms with Gasteiger partial charge in [0.2, 0.25) is 0 Å². The number of aliphatic hydroxyl groups excluding tert-OH is 1. The molecule has 3 aliphatic rings. The van der Waals surface area contributed by atoms with Crippen molar-refractivity contribution in [1.82, 2.24) is 14.7 Å². The van der Waals surface area contributed by atoms with E-state index < -0.39 is 11.7 Å². The summed E-state index contributed by atoms with van der Waals surface area (Å²) in [5.74, 6) is 0.620. The van der Waals surface area contributed by atoms with Gasteiger partial charge in [-0.3, -0.25) is 4.90 Å². The Balaban J connectivity index is 0.000000187. The van der Waals surface area contributed by atoms with Crippen molar-refractivity contribution in [3.05, 3.63) is 108 Å². The molecule has 0 saturated carbocycles. The normalized spacial score (nSPS) is 16.6. The maximum Gasteiger partial charge on any atom is 0.416 e. The highest BCUT2D eigenvalue weighted by molar-refractivity contribution is 7.99. The van der Waals surface area contributed by atoms with Gasteiger partial charge in [-0.05, 0) is 99.4 Å². The second kappa shape index (κ2) is 17.5. The van der Waals surface area contributed by atoms with Crippen molar-refractivity contribution in [3.63, 3.8) is 0 Å². The van der Waals surface area contributed by atoms with Crippen LogP contribution < -0.4 is 9.80 Å². The Kier molecular flexibility index (Phi) is 12.9. The number of halogens is 3. The molecule has 1 atom stereocenters. The minimum Gasteiger partial charge on any atom is -0.395 e. The van der Waals surface area contributed by atoms with Crippen LogP contribution in [0.25, 0.3) is 0 Å². The number of β-amino-alcohol motifs (C(OH)–C–C–N with tert-alkyl or cyclic N) is 1. The topological polar surface area (TPSA) is 36.4 Å². The van der Waals surface area contributed by atoms with Crippen molar-refractivity contribution in [1.29, 1.82) is 0 Å². The average molecular weight is 732 g/mol. The molecule has 3 heterocycles. The number of nitrogens with zero attached hydrogens (tertiary/aromatic N) is 5. The highest BCUT2D eigenvalue weighted by atomic mass is 32.2. The predicted octanol–water partition coefficient (Wildman–Crippen LogP) is 8.43. The molecule has 0 aromatic heterocycles. The fraction of sp³-hybridized carbons (Fsp3) is 0.429. The summed E-state index contributed by atoms with van der Waals surface area (Å²) in [7, 11) is 4.31. The van der Waals surface area contributed by atoms with Crippen molar-refractivity contribution in [2.24, 2.45) is 5.92 Å². The van der Waals surface area contributed by atoms with Crippen LogP contribution in [0.4, 0.5) is 35.9 Å². The minimum absolute atomic E-state index is 0.186. The number of para-hydroxylation sites is 3. The van der Waals surface area contributed by atoms with Crippen molar-refractivity contribution in [3.8, 4) is 0 Å². The molecule has 7 rings (SSSR count).